The molecule has 1 unspecified atom stereocenters. The third kappa shape index (κ3) is 3.96. The highest BCUT2D eigenvalue weighted by Gasteiger charge is 2.48. The number of imidazole rings is 1. The maximum Gasteiger partial charge on any atom is 0.296 e. The summed E-state index contributed by atoms with van der Waals surface area (Å²) in [5.74, 6) is -1.16. The quantitative estimate of drug-likeness (QED) is 0.478. The van der Waals surface area contributed by atoms with Gasteiger partial charge in [-0.25, -0.2) is 13.8 Å². The smallest absolute Gasteiger partial charge is 0.296 e. The number of benzene rings is 1. The monoisotopic (exact) mass is 516 g/mol. The number of halogens is 4. The maximum atomic E-state index is 14.0. The van der Waals surface area contributed by atoms with Gasteiger partial charge in [0, 0.05) is 16.6 Å². The SMILES string of the molecule is O[C@@H]1COC2[C@H](Oc3nc4nc(NCc5c(F)cc(Br)cc5F)c(Cl)cc4[nH]3)CO[C@@H]21. The number of pyridine rings is 1. The minimum absolute atomic E-state index is 0.137. The molecule has 2 aliphatic heterocycles. The van der Waals surface area contributed by atoms with Gasteiger partial charge in [-0.2, -0.15) is 4.98 Å². The number of anilines is 1. The molecular weight excluding hydrogens is 502 g/mol. The van der Waals surface area contributed by atoms with Crippen molar-refractivity contribution in [3.8, 4) is 6.01 Å². The van der Waals surface area contributed by atoms with E-state index in [1.807, 2.05) is 0 Å². The lowest BCUT2D eigenvalue weighted by molar-refractivity contribution is 0.00706. The molecule has 2 fully saturated rings. The Hall–Kier alpha value is -2.05. The summed E-state index contributed by atoms with van der Waals surface area (Å²) in [5, 5.41) is 12.9. The molecule has 8 nitrogen and oxygen atoms in total. The standard InChI is InChI=1S/C19H16BrClF2N4O4/c20-7-1-10(22)8(11(23)2-7)4-24-17-9(21)3-12-18(26-17)27-19(25-12)31-14-6-30-15-13(28)5-29-16(14)15/h1-3,13-16,28H,4-6H2,(H2,24,25,26,27)/t13-,14-,15-,16?/m1/s1. The third-order valence-corrected chi connectivity index (χ3v) is 5.93. The summed E-state index contributed by atoms with van der Waals surface area (Å²) < 4.78 is 45.3. The average molecular weight is 518 g/mol. The van der Waals surface area contributed by atoms with E-state index in [1.165, 1.54) is 12.1 Å². The van der Waals surface area contributed by atoms with E-state index in [9.17, 15) is 13.9 Å². The van der Waals surface area contributed by atoms with Gasteiger partial charge in [-0.1, -0.05) is 27.5 Å². The van der Waals surface area contributed by atoms with Crippen molar-refractivity contribution < 1.29 is 28.1 Å². The van der Waals surface area contributed by atoms with Crippen molar-refractivity contribution in [2.45, 2.75) is 31.0 Å². The van der Waals surface area contributed by atoms with Gasteiger partial charge in [0.15, 0.2) is 11.8 Å². The van der Waals surface area contributed by atoms with Crippen molar-refractivity contribution in [1.82, 2.24) is 15.0 Å². The second-order valence-corrected chi connectivity index (χ2v) is 8.58. The Morgan fingerprint density at radius 3 is 2.71 bits per heavy atom. The van der Waals surface area contributed by atoms with Crippen LogP contribution in [0.3, 0.4) is 0 Å². The van der Waals surface area contributed by atoms with Crippen molar-refractivity contribution in [3.05, 3.63) is 44.9 Å². The molecule has 5 rings (SSSR count). The van der Waals surface area contributed by atoms with Crippen LogP contribution in [0.15, 0.2) is 22.7 Å². The van der Waals surface area contributed by atoms with Gasteiger partial charge in [-0.15, -0.1) is 0 Å². The van der Waals surface area contributed by atoms with Gasteiger partial charge in [-0.05, 0) is 18.2 Å². The molecule has 3 N–H and O–H groups in total. The van der Waals surface area contributed by atoms with Crippen LogP contribution in [0.4, 0.5) is 14.6 Å². The van der Waals surface area contributed by atoms with Gasteiger partial charge in [0.1, 0.15) is 35.8 Å². The Morgan fingerprint density at radius 1 is 1.19 bits per heavy atom. The largest absolute Gasteiger partial charge is 0.456 e. The highest BCUT2D eigenvalue weighted by atomic mass is 79.9. The lowest BCUT2D eigenvalue weighted by Crippen LogP contribution is -2.34. The second kappa shape index (κ2) is 8.14. The highest BCUT2D eigenvalue weighted by molar-refractivity contribution is 9.10. The van der Waals surface area contributed by atoms with Gasteiger partial charge >= 0.3 is 0 Å². The number of aromatic nitrogens is 3. The van der Waals surface area contributed by atoms with E-state index in [-0.39, 0.29) is 48.3 Å². The van der Waals surface area contributed by atoms with Crippen molar-refractivity contribution in [2.24, 2.45) is 0 Å². The summed E-state index contributed by atoms with van der Waals surface area (Å²) in [6, 6.07) is 4.14. The van der Waals surface area contributed by atoms with Crippen LogP contribution in [-0.2, 0) is 16.0 Å². The molecule has 164 valence electrons. The first-order valence-corrected chi connectivity index (χ1v) is 10.6. The summed E-state index contributed by atoms with van der Waals surface area (Å²) in [7, 11) is 0. The molecule has 0 bridgehead atoms. The summed E-state index contributed by atoms with van der Waals surface area (Å²) in [6.07, 6.45) is -1.91. The van der Waals surface area contributed by atoms with Gasteiger partial charge in [-0.3, -0.25) is 0 Å². The fourth-order valence-corrected chi connectivity index (χ4v) is 4.30. The molecule has 2 aromatic heterocycles. The first kappa shape index (κ1) is 20.8. The maximum absolute atomic E-state index is 14.0. The molecule has 0 amide bonds. The first-order chi connectivity index (χ1) is 14.9. The lowest BCUT2D eigenvalue weighted by Gasteiger charge is -2.15. The number of ether oxygens (including phenoxy) is 3. The fourth-order valence-electron chi connectivity index (χ4n) is 3.68. The van der Waals surface area contributed by atoms with E-state index < -0.39 is 29.9 Å². The van der Waals surface area contributed by atoms with Crippen molar-refractivity contribution in [3.63, 3.8) is 0 Å². The number of aliphatic hydroxyl groups excluding tert-OH is 1. The summed E-state index contributed by atoms with van der Waals surface area (Å²) in [6.45, 7) is 0.301. The van der Waals surface area contributed by atoms with Crippen LogP contribution < -0.4 is 10.1 Å². The minimum atomic E-state index is -0.691. The van der Waals surface area contributed by atoms with Crippen LogP contribution in [-0.4, -0.2) is 57.7 Å². The topological polar surface area (TPSA) is 102 Å². The molecule has 2 aliphatic rings. The molecule has 4 atom stereocenters. The molecule has 2 saturated heterocycles. The number of aromatic amines is 1. The predicted molar refractivity (Wildman–Crippen MR) is 110 cm³/mol. The third-order valence-electron chi connectivity index (χ3n) is 5.19. The van der Waals surface area contributed by atoms with E-state index in [0.717, 1.165) is 0 Å². The Bertz CT molecular complexity index is 1130. The first-order valence-electron chi connectivity index (χ1n) is 9.40. The van der Waals surface area contributed by atoms with Crippen LogP contribution in [0.25, 0.3) is 11.2 Å². The normalized spacial score (nSPS) is 25.2. The van der Waals surface area contributed by atoms with Crippen molar-refractivity contribution >= 4 is 44.5 Å². The minimum Gasteiger partial charge on any atom is -0.456 e. The number of fused-ring (bicyclic) bond motifs is 2. The average Bonchev–Trinajstić information content (AvgIpc) is 3.38. The van der Waals surface area contributed by atoms with Gasteiger partial charge in [0.05, 0.1) is 23.8 Å². The molecule has 0 saturated carbocycles. The van der Waals surface area contributed by atoms with Crippen molar-refractivity contribution in [1.29, 1.82) is 0 Å². The number of nitrogens with zero attached hydrogens (tertiary/aromatic N) is 2. The van der Waals surface area contributed by atoms with E-state index in [0.29, 0.717) is 15.6 Å². The summed E-state index contributed by atoms with van der Waals surface area (Å²) in [4.78, 5) is 11.6. The number of nitrogens with one attached hydrogen (secondary N) is 2. The van der Waals surface area contributed by atoms with E-state index in [4.69, 9.17) is 25.8 Å². The zero-order valence-electron chi connectivity index (χ0n) is 15.7. The molecule has 4 heterocycles. The second-order valence-electron chi connectivity index (χ2n) is 7.25. The van der Waals surface area contributed by atoms with Crippen LogP contribution in [0, 0.1) is 11.6 Å². The molecule has 0 radical (unpaired) electrons. The van der Waals surface area contributed by atoms with E-state index >= 15 is 0 Å². The van der Waals surface area contributed by atoms with Gasteiger partial charge < -0.3 is 29.6 Å². The van der Waals surface area contributed by atoms with Crippen LogP contribution >= 0.6 is 27.5 Å². The van der Waals surface area contributed by atoms with Gasteiger partial charge in [0.25, 0.3) is 6.01 Å². The van der Waals surface area contributed by atoms with Crippen molar-refractivity contribution in [2.75, 3.05) is 18.5 Å². The Labute approximate surface area is 188 Å². The number of rotatable bonds is 5. The van der Waals surface area contributed by atoms with E-state index in [2.05, 4.69) is 36.2 Å². The molecule has 0 spiro atoms. The zero-order valence-corrected chi connectivity index (χ0v) is 18.1. The molecule has 12 heteroatoms. The summed E-state index contributed by atoms with van der Waals surface area (Å²) in [5.41, 5.74) is 0.692. The van der Waals surface area contributed by atoms with Crippen LogP contribution in [0.1, 0.15) is 5.56 Å². The molecule has 0 aliphatic carbocycles. The molecule has 1 aromatic carbocycles. The fraction of sp³-hybridized carbons (Fsp3) is 0.368. The Balaban J connectivity index is 1.33. The Morgan fingerprint density at radius 2 is 1.94 bits per heavy atom. The molecule has 3 aromatic rings. The van der Waals surface area contributed by atoms with Crippen LogP contribution in [0.2, 0.25) is 5.02 Å². The summed E-state index contributed by atoms with van der Waals surface area (Å²) >= 11 is 9.31. The highest BCUT2D eigenvalue weighted by Crippen LogP contribution is 2.31. The molecular formula is C19H16BrClF2N4O4. The van der Waals surface area contributed by atoms with Crippen LogP contribution in [0.5, 0.6) is 6.01 Å². The predicted octanol–water partition coefficient (Wildman–Crippen LogP) is 3.17. The zero-order chi connectivity index (χ0) is 21.7. The lowest BCUT2D eigenvalue weighted by atomic mass is 10.1. The number of aliphatic hydroxyl groups is 1. The molecule has 31 heavy (non-hydrogen) atoms. The number of hydrogen-bond acceptors (Lipinski definition) is 7. The van der Waals surface area contributed by atoms with Gasteiger partial charge in [0.2, 0.25) is 0 Å². The Kier molecular flexibility index (Phi) is 5.47. The van der Waals surface area contributed by atoms with E-state index in [1.54, 1.807) is 6.07 Å². The number of hydrogen-bond donors (Lipinski definition) is 3. The number of H-pyrrole nitrogens is 1.